The lowest BCUT2D eigenvalue weighted by molar-refractivity contribution is -0.138. The first-order valence-electron chi connectivity index (χ1n) is 7.83. The molecule has 120 valence electrons. The Bertz CT molecular complexity index is 833. The van der Waals surface area contributed by atoms with Crippen LogP contribution in [0, 0.1) is 0 Å². The summed E-state index contributed by atoms with van der Waals surface area (Å²) in [6, 6.07) is 23.5. The first kappa shape index (κ1) is 15.8. The molecule has 3 heteroatoms. The fourth-order valence-electron chi connectivity index (χ4n) is 2.42. The van der Waals surface area contributed by atoms with Crippen LogP contribution in [0.1, 0.15) is 5.56 Å². The van der Waals surface area contributed by atoms with Gasteiger partial charge in [0.2, 0.25) is 0 Å². The minimum absolute atomic E-state index is 0.216. The Hall–Kier alpha value is -3.07. The van der Waals surface area contributed by atoms with Crippen LogP contribution in [0.3, 0.4) is 0 Å². The third kappa shape index (κ3) is 4.23. The van der Waals surface area contributed by atoms with E-state index in [4.69, 9.17) is 9.47 Å². The van der Waals surface area contributed by atoms with Crippen LogP contribution in [0.25, 0.3) is 16.8 Å². The molecule has 0 unspecified atom stereocenters. The second kappa shape index (κ2) is 7.97. The van der Waals surface area contributed by atoms with Crippen molar-refractivity contribution in [1.29, 1.82) is 0 Å². The maximum Gasteiger partial charge on any atom is 0.330 e. The second-order valence-corrected chi connectivity index (χ2v) is 5.23. The highest BCUT2D eigenvalue weighted by atomic mass is 16.6. The van der Waals surface area contributed by atoms with Crippen LogP contribution in [-0.2, 0) is 9.53 Å². The van der Waals surface area contributed by atoms with Crippen molar-refractivity contribution in [1.82, 2.24) is 0 Å². The fraction of sp³-hybridized carbons (Fsp3) is 0.0952. The van der Waals surface area contributed by atoms with Crippen LogP contribution < -0.4 is 4.74 Å². The predicted octanol–water partition coefficient (Wildman–Crippen LogP) is 4.48. The first-order chi connectivity index (χ1) is 11.8. The Labute approximate surface area is 141 Å². The molecule has 0 saturated carbocycles. The van der Waals surface area contributed by atoms with Gasteiger partial charge in [0.25, 0.3) is 0 Å². The zero-order valence-corrected chi connectivity index (χ0v) is 13.2. The number of para-hydroxylation sites is 1. The summed E-state index contributed by atoms with van der Waals surface area (Å²) >= 11 is 0. The van der Waals surface area contributed by atoms with E-state index in [1.807, 2.05) is 72.8 Å². The van der Waals surface area contributed by atoms with E-state index in [2.05, 4.69) is 0 Å². The molecule has 0 amide bonds. The normalized spacial score (nSPS) is 10.8. The molecule has 0 aliphatic carbocycles. The summed E-state index contributed by atoms with van der Waals surface area (Å²) in [5, 5.41) is 2.25. The predicted molar refractivity (Wildman–Crippen MR) is 95.9 cm³/mol. The first-order valence-corrected chi connectivity index (χ1v) is 7.83. The highest BCUT2D eigenvalue weighted by molar-refractivity contribution is 5.94. The summed E-state index contributed by atoms with van der Waals surface area (Å²) in [4.78, 5) is 11.8. The van der Waals surface area contributed by atoms with Crippen molar-refractivity contribution in [2.75, 3.05) is 13.2 Å². The van der Waals surface area contributed by atoms with Crippen molar-refractivity contribution < 1.29 is 14.3 Å². The van der Waals surface area contributed by atoms with Crippen molar-refractivity contribution >= 4 is 22.8 Å². The number of carbonyl (C=O) groups excluding carboxylic acids is 1. The van der Waals surface area contributed by atoms with Gasteiger partial charge in [-0.2, -0.15) is 0 Å². The number of esters is 1. The van der Waals surface area contributed by atoms with Gasteiger partial charge in [0.05, 0.1) is 0 Å². The molecule has 0 heterocycles. The number of ether oxygens (including phenoxy) is 2. The van der Waals surface area contributed by atoms with Gasteiger partial charge in [0, 0.05) is 6.08 Å². The monoisotopic (exact) mass is 318 g/mol. The van der Waals surface area contributed by atoms with Gasteiger partial charge in [0.1, 0.15) is 19.0 Å². The molecule has 0 saturated heterocycles. The summed E-state index contributed by atoms with van der Waals surface area (Å²) in [7, 11) is 0. The number of rotatable bonds is 6. The maximum absolute atomic E-state index is 11.8. The molecular weight excluding hydrogens is 300 g/mol. The zero-order chi connectivity index (χ0) is 16.6. The second-order valence-electron chi connectivity index (χ2n) is 5.23. The van der Waals surface area contributed by atoms with E-state index in [-0.39, 0.29) is 12.6 Å². The summed E-state index contributed by atoms with van der Waals surface area (Å²) in [6.07, 6.45) is 3.23. The molecule has 3 aromatic rings. The van der Waals surface area contributed by atoms with Crippen molar-refractivity contribution in [3.63, 3.8) is 0 Å². The minimum Gasteiger partial charge on any atom is -0.490 e. The Morgan fingerprint density at radius 2 is 1.58 bits per heavy atom. The molecular formula is C21H18O3. The van der Waals surface area contributed by atoms with Crippen LogP contribution in [0.4, 0.5) is 0 Å². The van der Waals surface area contributed by atoms with Crippen molar-refractivity contribution in [3.8, 4) is 5.75 Å². The van der Waals surface area contributed by atoms with E-state index in [1.54, 1.807) is 6.08 Å². The van der Waals surface area contributed by atoms with Crippen LogP contribution in [-0.4, -0.2) is 19.2 Å². The molecule has 0 bridgehead atoms. The fourth-order valence-corrected chi connectivity index (χ4v) is 2.42. The van der Waals surface area contributed by atoms with Gasteiger partial charge >= 0.3 is 5.97 Å². The summed E-state index contributed by atoms with van der Waals surface area (Å²) in [5.74, 6) is 0.388. The Morgan fingerprint density at radius 1 is 0.833 bits per heavy atom. The van der Waals surface area contributed by atoms with Gasteiger partial charge in [0.15, 0.2) is 0 Å². The van der Waals surface area contributed by atoms with E-state index in [0.29, 0.717) is 6.61 Å². The van der Waals surface area contributed by atoms with E-state index >= 15 is 0 Å². The number of hydrogen-bond donors (Lipinski definition) is 0. The molecule has 0 aliphatic heterocycles. The quantitative estimate of drug-likeness (QED) is 0.382. The van der Waals surface area contributed by atoms with Gasteiger partial charge in [-0.15, -0.1) is 0 Å². The minimum atomic E-state index is -0.375. The number of carbonyl (C=O) groups is 1. The molecule has 0 spiro atoms. The maximum atomic E-state index is 11.8. The van der Waals surface area contributed by atoms with Crippen LogP contribution >= 0.6 is 0 Å². The third-order valence-corrected chi connectivity index (χ3v) is 3.56. The average molecular weight is 318 g/mol. The summed E-state index contributed by atoms with van der Waals surface area (Å²) < 4.78 is 10.6. The van der Waals surface area contributed by atoms with Crippen LogP contribution in [0.15, 0.2) is 78.9 Å². The molecule has 3 rings (SSSR count). The Balaban J connectivity index is 1.52. The number of benzene rings is 3. The SMILES string of the molecule is O=C(/C=C\c1cccc2ccccc12)OCCOc1ccccc1. The highest BCUT2D eigenvalue weighted by Crippen LogP contribution is 2.19. The third-order valence-electron chi connectivity index (χ3n) is 3.56. The van der Waals surface area contributed by atoms with E-state index in [0.717, 1.165) is 22.1 Å². The number of fused-ring (bicyclic) bond motifs is 1. The van der Waals surface area contributed by atoms with Crippen LogP contribution in [0.2, 0.25) is 0 Å². The molecule has 0 aromatic heterocycles. The number of hydrogen-bond acceptors (Lipinski definition) is 3. The lowest BCUT2D eigenvalue weighted by atomic mass is 10.0. The molecule has 0 N–H and O–H groups in total. The highest BCUT2D eigenvalue weighted by Gasteiger charge is 2.00. The molecule has 0 aliphatic rings. The van der Waals surface area contributed by atoms with Crippen LogP contribution in [0.5, 0.6) is 5.75 Å². The molecule has 3 nitrogen and oxygen atoms in total. The molecule has 0 radical (unpaired) electrons. The molecule has 24 heavy (non-hydrogen) atoms. The zero-order valence-electron chi connectivity index (χ0n) is 13.2. The lowest BCUT2D eigenvalue weighted by Gasteiger charge is -2.06. The largest absolute Gasteiger partial charge is 0.490 e. The van der Waals surface area contributed by atoms with Gasteiger partial charge in [-0.25, -0.2) is 4.79 Å². The van der Waals surface area contributed by atoms with E-state index in [1.165, 1.54) is 6.08 Å². The topological polar surface area (TPSA) is 35.5 Å². The Kier molecular flexibility index (Phi) is 5.25. The van der Waals surface area contributed by atoms with E-state index < -0.39 is 0 Å². The Morgan fingerprint density at radius 3 is 2.46 bits per heavy atom. The summed E-state index contributed by atoms with van der Waals surface area (Å²) in [5.41, 5.74) is 0.991. The summed E-state index contributed by atoms with van der Waals surface area (Å²) in [6.45, 7) is 0.547. The smallest absolute Gasteiger partial charge is 0.330 e. The molecule has 0 atom stereocenters. The van der Waals surface area contributed by atoms with Crippen molar-refractivity contribution in [3.05, 3.63) is 84.4 Å². The van der Waals surface area contributed by atoms with E-state index in [9.17, 15) is 4.79 Å². The standard InChI is InChI=1S/C21H18O3/c22-21(24-16-15-23-19-10-2-1-3-11-19)14-13-18-9-6-8-17-7-4-5-12-20(17)18/h1-14H,15-16H2/b14-13-. The van der Waals surface area contributed by atoms with Crippen molar-refractivity contribution in [2.45, 2.75) is 0 Å². The average Bonchev–Trinajstić information content (AvgIpc) is 2.64. The van der Waals surface area contributed by atoms with Gasteiger partial charge in [-0.05, 0) is 34.5 Å². The van der Waals surface area contributed by atoms with Gasteiger partial charge in [-0.3, -0.25) is 0 Å². The molecule has 0 fully saturated rings. The van der Waals surface area contributed by atoms with Gasteiger partial charge in [-0.1, -0.05) is 60.7 Å². The molecule has 3 aromatic carbocycles. The van der Waals surface area contributed by atoms with Gasteiger partial charge < -0.3 is 9.47 Å². The van der Waals surface area contributed by atoms with Crippen molar-refractivity contribution in [2.24, 2.45) is 0 Å². The lowest BCUT2D eigenvalue weighted by Crippen LogP contribution is -2.10.